The number of thiazole rings is 2. The van der Waals surface area contributed by atoms with Crippen LogP contribution in [0.25, 0.3) is 0 Å². The van der Waals surface area contributed by atoms with E-state index in [1.807, 2.05) is 57.8 Å². The summed E-state index contributed by atoms with van der Waals surface area (Å²) in [5, 5.41) is 99.9. The SMILES string of the molecule is CC(Br)C(=O)C1CC1.CC(C)(C)OC(=O)N1CCC(CC(=S)CN=Cc2ccc(O)c(O)c2O)CC1.Cc1sc(=NC2CCN(C(=O)OC(C)(C)C)CC2)n(/N=C/c2ccc(O)c(O)c2O)c1C1CC1.Cc1sc(=NC2CCNCC2)n(/N=C/c2ccc(O)c(O)c2O)c1C1CC1. The fraction of sp³-hybridized carbons (Fsp3) is 0.551. The molecule has 528 valence electrons. The predicted octanol–water partition coefficient (Wildman–Crippen LogP) is 11.8. The Bertz CT molecular complexity index is 3840. The third kappa shape index (κ3) is 21.7. The van der Waals surface area contributed by atoms with Crippen LogP contribution in [0.3, 0.4) is 0 Å². The lowest BCUT2D eigenvalue weighted by Gasteiger charge is -2.33. The van der Waals surface area contributed by atoms with Crippen LogP contribution in [0.5, 0.6) is 51.7 Å². The smallest absolute Gasteiger partial charge is 0.410 e. The number of carbonyl (C=O) groups is 3. The first kappa shape index (κ1) is 75.2. The number of hydrogen-bond donors (Lipinski definition) is 10. The summed E-state index contributed by atoms with van der Waals surface area (Å²) in [5.74, 6) is -1.87. The molecule has 6 fully saturated rings. The van der Waals surface area contributed by atoms with Crippen molar-refractivity contribution in [1.29, 1.82) is 0 Å². The molecule has 2 amide bonds. The lowest BCUT2D eigenvalue weighted by atomic mass is 9.92. The number of nitrogens with zero attached hydrogens (tertiary/aromatic N) is 9. The predicted molar refractivity (Wildman–Crippen MR) is 383 cm³/mol. The van der Waals surface area contributed by atoms with E-state index in [0.717, 1.165) is 122 Å². The van der Waals surface area contributed by atoms with Crippen molar-refractivity contribution >= 4 is 92.3 Å². The molecule has 0 radical (unpaired) electrons. The van der Waals surface area contributed by atoms with E-state index in [1.54, 1.807) is 32.5 Å². The summed E-state index contributed by atoms with van der Waals surface area (Å²) in [6.07, 6.45) is 16.6. The molecule has 3 saturated carbocycles. The van der Waals surface area contributed by atoms with Gasteiger partial charge in [-0.15, -0.1) is 22.7 Å². The second-order valence-electron chi connectivity index (χ2n) is 27.3. The summed E-state index contributed by atoms with van der Waals surface area (Å²) in [6, 6.07) is 8.77. The fourth-order valence-electron chi connectivity index (χ4n) is 11.0. The number of ether oxygens (including phenoxy) is 2. The summed E-state index contributed by atoms with van der Waals surface area (Å²) in [7, 11) is 0. The first-order valence-electron chi connectivity index (χ1n) is 33.0. The molecule has 6 aliphatic rings. The van der Waals surface area contributed by atoms with Crippen molar-refractivity contribution in [3.8, 4) is 51.7 Å². The van der Waals surface area contributed by atoms with Crippen LogP contribution >= 0.6 is 50.8 Å². The van der Waals surface area contributed by atoms with Crippen LogP contribution in [-0.4, -0.2) is 181 Å². The minimum Gasteiger partial charge on any atom is -0.504 e. The highest BCUT2D eigenvalue weighted by Crippen LogP contribution is 2.44. The Kier molecular flexibility index (Phi) is 25.9. The Hall–Kier alpha value is -7.53. The Balaban J connectivity index is 0.000000176. The van der Waals surface area contributed by atoms with Crippen molar-refractivity contribution in [2.24, 2.45) is 37.0 Å². The van der Waals surface area contributed by atoms with Gasteiger partial charge in [0.15, 0.2) is 34.5 Å². The van der Waals surface area contributed by atoms with E-state index in [-0.39, 0.29) is 46.1 Å². The fourth-order valence-corrected chi connectivity index (χ4v) is 13.8. The van der Waals surface area contributed by atoms with Crippen LogP contribution in [0.2, 0.25) is 0 Å². The molecule has 1 unspecified atom stereocenters. The second kappa shape index (κ2) is 33.3. The zero-order chi connectivity index (χ0) is 70.6. The largest absolute Gasteiger partial charge is 0.504 e. The summed E-state index contributed by atoms with van der Waals surface area (Å²) >= 11 is 11.9. The van der Waals surface area contributed by atoms with E-state index in [1.165, 1.54) is 65.6 Å². The average molecular weight is 1460 g/mol. The monoisotopic (exact) mass is 1460 g/mol. The van der Waals surface area contributed by atoms with Gasteiger partial charge in [-0.25, -0.2) is 18.9 Å². The molecule has 3 aliphatic carbocycles. The minimum absolute atomic E-state index is 0.0661. The number of aromatic nitrogens is 2. The van der Waals surface area contributed by atoms with Crippen molar-refractivity contribution in [1.82, 2.24) is 24.5 Å². The second-order valence-corrected chi connectivity index (χ2v) is 31.6. The van der Waals surface area contributed by atoms with Gasteiger partial charge in [-0.2, -0.15) is 10.2 Å². The maximum Gasteiger partial charge on any atom is 0.410 e. The van der Waals surface area contributed by atoms with Crippen molar-refractivity contribution in [3.05, 3.63) is 83.8 Å². The topological polar surface area (TPSA) is 342 Å². The highest BCUT2D eigenvalue weighted by atomic mass is 79.9. The number of phenolic OH excluding ortho intramolecular Hbond substituents is 9. The Morgan fingerprint density at radius 1 is 0.577 bits per heavy atom. The molecule has 2 aromatic heterocycles. The number of Topliss-reactive ketones (excluding diaryl/α,β-unsaturated/α-hetero) is 1. The number of aromatic hydroxyl groups is 9. The molecule has 0 spiro atoms. The molecule has 5 aromatic rings. The third-order valence-corrected chi connectivity index (χ3v) is 19.4. The lowest BCUT2D eigenvalue weighted by molar-refractivity contribution is -0.119. The molecule has 1 atom stereocenters. The van der Waals surface area contributed by atoms with E-state index < -0.39 is 39.9 Å². The molecular formula is C69H93BrN10O14S3. The minimum atomic E-state index is -0.570. The summed E-state index contributed by atoms with van der Waals surface area (Å²) < 4.78 is 14.6. The molecule has 10 N–H and O–H groups in total. The lowest BCUT2D eigenvalue weighted by Crippen LogP contribution is -2.43. The summed E-state index contributed by atoms with van der Waals surface area (Å²) in [5.41, 5.74) is 2.25. The Morgan fingerprint density at radius 2 is 0.959 bits per heavy atom. The van der Waals surface area contributed by atoms with Gasteiger partial charge in [0.2, 0.25) is 26.9 Å². The van der Waals surface area contributed by atoms with E-state index >= 15 is 0 Å². The number of amides is 2. The van der Waals surface area contributed by atoms with Gasteiger partial charge in [0.1, 0.15) is 17.0 Å². The Labute approximate surface area is 587 Å². The molecule has 0 bridgehead atoms. The summed E-state index contributed by atoms with van der Waals surface area (Å²) in [4.78, 5) is 57.8. The number of piperidine rings is 3. The molecule has 28 heteroatoms. The number of rotatable bonds is 15. The van der Waals surface area contributed by atoms with Crippen molar-refractivity contribution < 1.29 is 69.8 Å². The van der Waals surface area contributed by atoms with E-state index in [9.17, 15) is 60.3 Å². The molecule has 3 saturated heterocycles. The van der Waals surface area contributed by atoms with Gasteiger partial charge in [0.05, 0.1) is 47.3 Å². The number of thiocarbonyl (C=S) groups is 1. The highest BCUT2D eigenvalue weighted by molar-refractivity contribution is 9.10. The van der Waals surface area contributed by atoms with E-state index in [0.29, 0.717) is 84.9 Å². The number of phenols is 9. The number of hydrogen-bond acceptors (Lipinski definition) is 23. The van der Waals surface area contributed by atoms with Gasteiger partial charge in [-0.1, -0.05) is 28.1 Å². The van der Waals surface area contributed by atoms with Gasteiger partial charge in [-0.3, -0.25) is 19.8 Å². The zero-order valence-corrected chi connectivity index (χ0v) is 60.6. The van der Waals surface area contributed by atoms with Crippen molar-refractivity contribution in [3.63, 3.8) is 0 Å². The number of aliphatic imine (C=N–C) groups is 1. The number of alkyl halides is 1. The van der Waals surface area contributed by atoms with Gasteiger partial charge in [0, 0.05) is 81.5 Å². The van der Waals surface area contributed by atoms with E-state index in [2.05, 4.69) is 50.3 Å². The quantitative estimate of drug-likeness (QED) is 0.0201. The van der Waals surface area contributed by atoms with Crippen LogP contribution in [0.1, 0.15) is 182 Å². The molecule has 3 aliphatic heterocycles. The molecule has 3 aromatic carbocycles. The van der Waals surface area contributed by atoms with Crippen LogP contribution in [0.4, 0.5) is 9.59 Å². The van der Waals surface area contributed by atoms with Gasteiger partial charge >= 0.3 is 12.2 Å². The van der Waals surface area contributed by atoms with Gasteiger partial charge < -0.3 is 70.5 Å². The normalized spacial score (nSPS) is 18.1. The number of halogens is 1. The molecule has 5 heterocycles. The van der Waals surface area contributed by atoms with Crippen LogP contribution in [-0.2, 0) is 14.3 Å². The number of ketones is 1. The van der Waals surface area contributed by atoms with E-state index in [4.69, 9.17) is 31.7 Å². The number of likely N-dealkylation sites (tertiary alicyclic amines) is 2. The number of aryl methyl sites for hydroxylation is 2. The standard InChI is InChI=1S/C24H32N4O5S.C20H28N2O5S.C19H24N4O3S.C6H9BrO/c1-14-19(15-5-6-15)28(25-13-16-7-8-18(29)21(31)20(16)30)22(34-14)26-17-9-11-27(12-10-17)23(32)33-24(2,3)4;1-20(2,3)27-19(26)22-8-6-13(7-9-22)10-15(28)12-21-11-14-4-5-16(23)18(25)17(14)24;1-11-16(12-2-3-12)23(19(27-11)22-14-6-8-20-9-7-14)21-10-13-4-5-15(24)18(26)17(13)25;1-4(7)6(8)5-2-3-5/h7-8,13,15,17,29-31H,5-6,9-12H2,1-4H3;4-5,11,13,23-25H,6-10,12H2,1-3H3;4-5,10,12,14,20,24-26H,2-3,6-9H2,1H3;4-5H,2-3H2,1H3/b25-13+,26-22?;;21-10+,22-19?;. The van der Waals surface area contributed by atoms with Crippen LogP contribution in [0.15, 0.2) is 61.6 Å². The third-order valence-electron chi connectivity index (χ3n) is 16.7. The van der Waals surface area contributed by atoms with Gasteiger partial charge in [-0.05, 0) is 201 Å². The van der Waals surface area contributed by atoms with Crippen molar-refractivity contribution in [2.45, 2.75) is 186 Å². The molecule has 24 nitrogen and oxygen atoms in total. The Morgan fingerprint density at radius 3 is 1.32 bits per heavy atom. The maximum absolute atomic E-state index is 12.4. The van der Waals surface area contributed by atoms with Crippen LogP contribution < -0.4 is 14.9 Å². The summed E-state index contributed by atoms with van der Waals surface area (Å²) in [6.45, 7) is 22.0. The maximum atomic E-state index is 12.4. The number of nitrogens with one attached hydrogen (secondary N) is 1. The zero-order valence-electron chi connectivity index (χ0n) is 56.6. The first-order valence-corrected chi connectivity index (χ1v) is 36.0. The molecule has 11 rings (SSSR count). The number of carbonyl (C=O) groups excluding carboxylic acids is 3. The van der Waals surface area contributed by atoms with Crippen LogP contribution in [0, 0.1) is 25.7 Å². The number of benzene rings is 3. The average Bonchev–Trinajstić information content (AvgIpc) is 1.64. The van der Waals surface area contributed by atoms with Crippen molar-refractivity contribution in [2.75, 3.05) is 45.8 Å². The highest BCUT2D eigenvalue weighted by Gasteiger charge is 2.34. The van der Waals surface area contributed by atoms with Gasteiger partial charge in [0.25, 0.3) is 0 Å². The molecular weight excluding hydrogens is 1370 g/mol. The first-order chi connectivity index (χ1) is 45.9. The molecule has 97 heavy (non-hydrogen) atoms.